The Kier molecular flexibility index (Phi) is 3.33. The number of carbonyl (C=O) groups excluding carboxylic acids is 1. The Bertz CT molecular complexity index is 711. The molecule has 2 N–H and O–H groups in total. The molecule has 21 heavy (non-hydrogen) atoms. The lowest BCUT2D eigenvalue weighted by atomic mass is 10.1. The minimum absolute atomic E-state index is 0.0135. The molecule has 1 aliphatic rings. The van der Waals surface area contributed by atoms with E-state index in [4.69, 9.17) is 5.73 Å². The fraction of sp³-hybridized carbons (Fsp3) is 0.312. The van der Waals surface area contributed by atoms with E-state index in [1.54, 1.807) is 0 Å². The highest BCUT2D eigenvalue weighted by Gasteiger charge is 2.26. The Morgan fingerprint density at radius 2 is 2.00 bits per heavy atom. The van der Waals surface area contributed by atoms with Crippen LogP contribution in [0, 0.1) is 6.92 Å². The minimum Gasteiger partial charge on any atom is -0.399 e. The van der Waals surface area contributed by atoms with E-state index < -0.39 is 0 Å². The number of amides is 1. The summed E-state index contributed by atoms with van der Waals surface area (Å²) in [7, 11) is 0. The fourth-order valence-corrected chi connectivity index (χ4v) is 2.69. The van der Waals surface area contributed by atoms with Gasteiger partial charge in [-0.25, -0.2) is 0 Å². The molecule has 1 aromatic heterocycles. The largest absolute Gasteiger partial charge is 0.399 e. The zero-order valence-electron chi connectivity index (χ0n) is 12.3. The average Bonchev–Trinajstić information content (AvgIpc) is 2.89. The molecule has 1 aromatic carbocycles. The van der Waals surface area contributed by atoms with E-state index in [1.165, 1.54) is 0 Å². The smallest absolute Gasteiger partial charge is 0.256 e. The van der Waals surface area contributed by atoms with Crippen LogP contribution in [0.3, 0.4) is 0 Å². The van der Waals surface area contributed by atoms with Gasteiger partial charge in [0.2, 0.25) is 0 Å². The van der Waals surface area contributed by atoms with Gasteiger partial charge in [0.25, 0.3) is 5.91 Å². The molecular weight excluding hydrogens is 264 g/mol. The number of nitrogens with zero attached hydrogens (tertiary/aromatic N) is 3. The maximum Gasteiger partial charge on any atom is 0.256 e. The summed E-state index contributed by atoms with van der Waals surface area (Å²) in [6, 6.07) is 7.64. The number of aromatic nitrogens is 2. The first kappa shape index (κ1) is 13.5. The molecule has 0 spiro atoms. The van der Waals surface area contributed by atoms with Crippen LogP contribution in [0.15, 0.2) is 24.3 Å². The SMILES string of the molecule is CCc1nnc(C)cc1C(=O)N1Cc2ccc(N)cc2C1. The van der Waals surface area contributed by atoms with Crippen molar-refractivity contribution in [3.05, 3.63) is 52.3 Å². The van der Waals surface area contributed by atoms with Crippen LogP contribution >= 0.6 is 0 Å². The van der Waals surface area contributed by atoms with E-state index in [2.05, 4.69) is 10.2 Å². The molecule has 0 fully saturated rings. The van der Waals surface area contributed by atoms with Gasteiger partial charge >= 0.3 is 0 Å². The number of benzene rings is 1. The van der Waals surface area contributed by atoms with Crippen molar-refractivity contribution in [1.82, 2.24) is 15.1 Å². The van der Waals surface area contributed by atoms with E-state index in [0.717, 1.165) is 28.2 Å². The number of nitrogen functional groups attached to an aromatic ring is 1. The van der Waals surface area contributed by atoms with Gasteiger partial charge in [0.15, 0.2) is 0 Å². The summed E-state index contributed by atoms with van der Waals surface area (Å²) in [6.45, 7) is 5.06. The number of hydrogen-bond acceptors (Lipinski definition) is 4. The Balaban J connectivity index is 1.90. The Labute approximate surface area is 123 Å². The molecule has 5 heteroatoms. The molecule has 108 valence electrons. The van der Waals surface area contributed by atoms with Crippen LogP contribution in [0.5, 0.6) is 0 Å². The minimum atomic E-state index is 0.0135. The third-order valence-electron chi connectivity index (χ3n) is 3.80. The molecule has 0 unspecified atom stereocenters. The number of fused-ring (bicyclic) bond motifs is 1. The van der Waals surface area contributed by atoms with Crippen molar-refractivity contribution in [1.29, 1.82) is 0 Å². The number of nitrogens with two attached hydrogens (primary N) is 1. The molecule has 2 heterocycles. The lowest BCUT2D eigenvalue weighted by Gasteiger charge is -2.17. The number of rotatable bonds is 2. The predicted octanol–water partition coefficient (Wildman–Crippen LogP) is 2.09. The topological polar surface area (TPSA) is 72.1 Å². The highest BCUT2D eigenvalue weighted by molar-refractivity contribution is 5.95. The van der Waals surface area contributed by atoms with Gasteiger partial charge in [-0.05, 0) is 42.7 Å². The summed E-state index contributed by atoms with van der Waals surface area (Å²) in [4.78, 5) is 14.6. The summed E-state index contributed by atoms with van der Waals surface area (Å²) >= 11 is 0. The molecular formula is C16H18N4O. The van der Waals surface area contributed by atoms with Crippen molar-refractivity contribution in [3.8, 4) is 0 Å². The third-order valence-corrected chi connectivity index (χ3v) is 3.80. The number of hydrogen-bond donors (Lipinski definition) is 1. The molecule has 3 rings (SSSR count). The molecule has 0 saturated carbocycles. The van der Waals surface area contributed by atoms with Crippen molar-refractivity contribution >= 4 is 11.6 Å². The number of anilines is 1. The highest BCUT2D eigenvalue weighted by Crippen LogP contribution is 2.26. The zero-order chi connectivity index (χ0) is 15.0. The standard InChI is InChI=1S/C16H18N4O/c1-3-15-14(6-10(2)18-19-15)16(21)20-8-11-4-5-13(17)7-12(11)9-20/h4-7H,3,8-9,17H2,1-2H3. The number of carbonyl (C=O) groups is 1. The van der Waals surface area contributed by atoms with Crippen LogP contribution < -0.4 is 5.73 Å². The van der Waals surface area contributed by atoms with Gasteiger partial charge < -0.3 is 10.6 Å². The molecule has 0 atom stereocenters. The molecule has 0 bridgehead atoms. The highest BCUT2D eigenvalue weighted by atomic mass is 16.2. The second-order valence-corrected chi connectivity index (χ2v) is 5.39. The predicted molar refractivity (Wildman–Crippen MR) is 80.6 cm³/mol. The van der Waals surface area contributed by atoms with Crippen LogP contribution in [0.25, 0.3) is 0 Å². The van der Waals surface area contributed by atoms with Gasteiger partial charge in [0.1, 0.15) is 0 Å². The summed E-state index contributed by atoms with van der Waals surface area (Å²) in [5.74, 6) is 0.0135. The van der Waals surface area contributed by atoms with Crippen molar-refractivity contribution in [2.45, 2.75) is 33.4 Å². The fourth-order valence-electron chi connectivity index (χ4n) is 2.69. The van der Waals surface area contributed by atoms with Gasteiger partial charge in [0.05, 0.1) is 17.0 Å². The molecule has 0 saturated heterocycles. The lowest BCUT2D eigenvalue weighted by molar-refractivity contribution is 0.0749. The van der Waals surface area contributed by atoms with E-state index in [9.17, 15) is 4.79 Å². The molecule has 1 amide bonds. The second-order valence-electron chi connectivity index (χ2n) is 5.39. The molecule has 0 radical (unpaired) electrons. The van der Waals surface area contributed by atoms with Crippen LogP contribution in [-0.2, 0) is 19.5 Å². The van der Waals surface area contributed by atoms with Gasteiger partial charge in [-0.3, -0.25) is 4.79 Å². The molecule has 0 aliphatic carbocycles. The quantitative estimate of drug-likeness (QED) is 0.856. The summed E-state index contributed by atoms with van der Waals surface area (Å²) in [5, 5.41) is 8.17. The summed E-state index contributed by atoms with van der Waals surface area (Å²) in [6.07, 6.45) is 0.697. The second kappa shape index (κ2) is 5.16. The zero-order valence-corrected chi connectivity index (χ0v) is 12.3. The summed E-state index contributed by atoms with van der Waals surface area (Å²) < 4.78 is 0. The maximum absolute atomic E-state index is 12.8. The monoisotopic (exact) mass is 282 g/mol. The van der Waals surface area contributed by atoms with E-state index >= 15 is 0 Å². The molecule has 5 nitrogen and oxygen atoms in total. The van der Waals surface area contributed by atoms with Crippen molar-refractivity contribution in [3.63, 3.8) is 0 Å². The summed E-state index contributed by atoms with van der Waals surface area (Å²) in [5.41, 5.74) is 11.0. The first-order valence-electron chi connectivity index (χ1n) is 7.08. The first-order chi connectivity index (χ1) is 10.1. The lowest BCUT2D eigenvalue weighted by Crippen LogP contribution is -2.27. The molecule has 1 aliphatic heterocycles. The van der Waals surface area contributed by atoms with E-state index in [1.807, 2.05) is 43.0 Å². The molecule has 2 aromatic rings. The van der Waals surface area contributed by atoms with Crippen LogP contribution in [0.1, 0.15) is 39.8 Å². The van der Waals surface area contributed by atoms with E-state index in [0.29, 0.717) is 25.1 Å². The van der Waals surface area contributed by atoms with Crippen LogP contribution in [0.4, 0.5) is 5.69 Å². The first-order valence-corrected chi connectivity index (χ1v) is 7.08. The third kappa shape index (κ3) is 2.46. The van der Waals surface area contributed by atoms with Gasteiger partial charge in [-0.2, -0.15) is 10.2 Å². The Morgan fingerprint density at radius 3 is 2.76 bits per heavy atom. The number of aryl methyl sites for hydroxylation is 2. The van der Waals surface area contributed by atoms with Gasteiger partial charge in [-0.15, -0.1) is 0 Å². The van der Waals surface area contributed by atoms with Crippen molar-refractivity contribution in [2.24, 2.45) is 0 Å². The van der Waals surface area contributed by atoms with E-state index in [-0.39, 0.29) is 5.91 Å². The van der Waals surface area contributed by atoms with Crippen molar-refractivity contribution in [2.75, 3.05) is 5.73 Å². The van der Waals surface area contributed by atoms with Crippen molar-refractivity contribution < 1.29 is 4.79 Å². The Morgan fingerprint density at radius 1 is 1.24 bits per heavy atom. The van der Waals surface area contributed by atoms with Crippen LogP contribution in [-0.4, -0.2) is 21.0 Å². The Hall–Kier alpha value is -2.43. The normalized spacial score (nSPS) is 13.3. The average molecular weight is 282 g/mol. The van der Waals surface area contributed by atoms with Gasteiger partial charge in [0, 0.05) is 18.8 Å². The van der Waals surface area contributed by atoms with Crippen LogP contribution in [0.2, 0.25) is 0 Å². The van der Waals surface area contributed by atoms with Gasteiger partial charge in [-0.1, -0.05) is 13.0 Å². The maximum atomic E-state index is 12.8.